The Bertz CT molecular complexity index is 3030. The number of rotatable bonds is 4. The zero-order chi connectivity index (χ0) is 34.2. The normalized spacial score (nSPS) is 12.8. The van der Waals surface area contributed by atoms with Crippen LogP contribution in [0.3, 0.4) is 0 Å². The molecule has 10 aromatic carbocycles. The molecule has 0 aromatic heterocycles. The highest BCUT2D eigenvalue weighted by molar-refractivity contribution is 6.27. The van der Waals surface area contributed by atoms with Gasteiger partial charge in [-0.2, -0.15) is 0 Å². The molecule has 52 heavy (non-hydrogen) atoms. The van der Waals surface area contributed by atoms with Crippen molar-refractivity contribution in [2.24, 2.45) is 0 Å². The number of hydrogen-bond acceptors (Lipinski definition) is 0. The highest BCUT2D eigenvalue weighted by Gasteiger charge is 2.22. The van der Waals surface area contributed by atoms with Crippen LogP contribution in [0.15, 0.2) is 176 Å². The summed E-state index contributed by atoms with van der Waals surface area (Å²) in [4.78, 5) is 0. The molecule has 0 heterocycles. The van der Waals surface area contributed by atoms with Crippen molar-refractivity contribution in [3.63, 3.8) is 0 Å². The van der Waals surface area contributed by atoms with Crippen molar-refractivity contribution >= 4 is 59.9 Å². The van der Waals surface area contributed by atoms with Gasteiger partial charge in [0.05, 0.1) is 0 Å². The quantitative estimate of drug-likeness (QED) is 0.165. The molecule has 0 nitrogen and oxygen atoms in total. The van der Waals surface area contributed by atoms with Crippen LogP contribution < -0.4 is 0 Å². The van der Waals surface area contributed by atoms with Crippen LogP contribution in [-0.4, -0.2) is 0 Å². The summed E-state index contributed by atoms with van der Waals surface area (Å²) in [5.41, 5.74) is 13.2. The second-order valence-corrected chi connectivity index (χ2v) is 14.3. The third-order valence-corrected chi connectivity index (χ3v) is 11.5. The summed E-state index contributed by atoms with van der Waals surface area (Å²) in [7, 11) is 0. The van der Waals surface area contributed by atoms with Crippen molar-refractivity contribution in [1.82, 2.24) is 0 Å². The second kappa shape index (κ2) is 11.5. The van der Waals surface area contributed by atoms with E-state index in [4.69, 9.17) is 0 Å². The minimum atomic E-state index is 1.05. The van der Waals surface area contributed by atoms with E-state index in [1.807, 2.05) is 0 Å². The van der Waals surface area contributed by atoms with Gasteiger partial charge in [0.2, 0.25) is 0 Å². The molecule has 0 radical (unpaired) electrons. The van der Waals surface area contributed by atoms with Gasteiger partial charge < -0.3 is 0 Å². The van der Waals surface area contributed by atoms with E-state index < -0.39 is 0 Å². The van der Waals surface area contributed by atoms with Crippen molar-refractivity contribution in [3.8, 4) is 44.5 Å². The van der Waals surface area contributed by atoms with E-state index in [1.54, 1.807) is 0 Å². The van der Waals surface area contributed by atoms with E-state index in [-0.39, 0.29) is 0 Å². The zero-order valence-corrected chi connectivity index (χ0v) is 28.7. The summed E-state index contributed by atoms with van der Waals surface area (Å²) in [6.07, 6.45) is 6.82. The molecule has 0 aliphatic heterocycles. The van der Waals surface area contributed by atoms with Gasteiger partial charge in [0.15, 0.2) is 0 Å². The van der Waals surface area contributed by atoms with E-state index in [0.717, 1.165) is 12.8 Å². The van der Waals surface area contributed by atoms with Crippen molar-refractivity contribution in [2.75, 3.05) is 0 Å². The van der Waals surface area contributed by atoms with Crippen LogP contribution in [0, 0.1) is 0 Å². The highest BCUT2D eigenvalue weighted by Crippen LogP contribution is 2.46. The molecule has 0 saturated carbocycles. The summed E-state index contributed by atoms with van der Waals surface area (Å²) in [6.45, 7) is 0. The van der Waals surface area contributed by atoms with Crippen molar-refractivity contribution < 1.29 is 0 Å². The van der Waals surface area contributed by atoms with E-state index >= 15 is 0 Å². The van der Waals surface area contributed by atoms with Gasteiger partial charge in [0, 0.05) is 0 Å². The Kier molecular flexibility index (Phi) is 6.48. The Morgan fingerprint density at radius 2 is 0.885 bits per heavy atom. The fourth-order valence-electron chi connectivity index (χ4n) is 9.11. The molecule has 1 aliphatic rings. The molecule has 10 aromatic rings. The van der Waals surface area contributed by atoms with Crippen LogP contribution in [-0.2, 0) is 6.42 Å². The molecule has 242 valence electrons. The van der Waals surface area contributed by atoms with Crippen LogP contribution in [0.4, 0.5) is 0 Å². The number of benzene rings is 10. The zero-order valence-electron chi connectivity index (χ0n) is 28.7. The van der Waals surface area contributed by atoms with E-state index in [0.29, 0.717) is 0 Å². The molecule has 11 rings (SSSR count). The Hall–Kier alpha value is -6.50. The molecule has 0 saturated heterocycles. The van der Waals surface area contributed by atoms with E-state index in [2.05, 4.69) is 182 Å². The first-order chi connectivity index (χ1) is 25.8. The molecule has 0 fully saturated rings. The lowest BCUT2D eigenvalue weighted by Crippen LogP contribution is -2.02. The first kappa shape index (κ1) is 29.3. The Balaban J connectivity index is 1.07. The molecule has 0 atom stereocenters. The maximum Gasteiger partial charge on any atom is -0.00203 e. The topological polar surface area (TPSA) is 0 Å². The fraction of sp³-hybridized carbons (Fsp3) is 0.0385. The van der Waals surface area contributed by atoms with Crippen LogP contribution in [0.25, 0.3) is 104 Å². The maximum atomic E-state index is 2.36. The molecule has 0 heteroatoms. The lowest BCUT2D eigenvalue weighted by Gasteiger charge is -2.24. The third kappa shape index (κ3) is 4.41. The molecule has 0 amide bonds. The van der Waals surface area contributed by atoms with Gasteiger partial charge in [-0.25, -0.2) is 0 Å². The predicted molar refractivity (Wildman–Crippen MR) is 224 cm³/mol. The van der Waals surface area contributed by atoms with Crippen LogP contribution in [0.5, 0.6) is 0 Å². The molecule has 0 unspecified atom stereocenters. The van der Waals surface area contributed by atoms with Gasteiger partial charge in [-0.05, 0) is 128 Å². The summed E-state index contributed by atoms with van der Waals surface area (Å²) in [5, 5.41) is 13.1. The van der Waals surface area contributed by atoms with Gasteiger partial charge in [0.1, 0.15) is 0 Å². The fourth-order valence-corrected chi connectivity index (χ4v) is 9.11. The monoisotopic (exact) mass is 658 g/mol. The molecule has 0 spiro atoms. The molecular formula is C52H34. The van der Waals surface area contributed by atoms with E-state index in [1.165, 1.54) is 109 Å². The van der Waals surface area contributed by atoms with Gasteiger partial charge in [-0.15, -0.1) is 0 Å². The average Bonchev–Trinajstić information content (AvgIpc) is 3.22. The average molecular weight is 659 g/mol. The van der Waals surface area contributed by atoms with Gasteiger partial charge in [-0.1, -0.05) is 176 Å². The third-order valence-electron chi connectivity index (χ3n) is 11.5. The first-order valence-corrected chi connectivity index (χ1v) is 18.4. The SMILES string of the molecule is C1=Cc2c(c(-c3ccc(-c4ccc5ccc6c(-c7ccc8ccccc8c7)ccc7ccc4c5c76)cc3)c3ccccc3c2-c2ccccc2)CC1. The minimum Gasteiger partial charge on any atom is -0.0836 e. The molecular weight excluding hydrogens is 625 g/mol. The Morgan fingerprint density at radius 3 is 1.62 bits per heavy atom. The largest absolute Gasteiger partial charge is 0.0836 e. The summed E-state index contributed by atoms with van der Waals surface area (Å²) in [6, 6.07) is 63.3. The number of hydrogen-bond donors (Lipinski definition) is 0. The first-order valence-electron chi connectivity index (χ1n) is 18.4. The van der Waals surface area contributed by atoms with Gasteiger partial charge >= 0.3 is 0 Å². The molecule has 0 N–H and O–H groups in total. The van der Waals surface area contributed by atoms with Crippen LogP contribution in [0.2, 0.25) is 0 Å². The predicted octanol–water partition coefficient (Wildman–Crippen LogP) is 14.5. The lowest BCUT2D eigenvalue weighted by molar-refractivity contribution is 0.991. The standard InChI is InChI=1S/C52H34/c1-2-11-35(12-3-1)49-43-14-6-8-16-45(43)50(46-17-9-7-15-44(46)49)36-21-19-34(20-22-36)41-28-24-37-27-31-48-42(29-25-38-26-30-47(41)51(37)52(38)48)40-23-18-33-10-4-5-13-39(33)32-40/h1-8,10-16,18-32H,9,17H2. The van der Waals surface area contributed by atoms with Crippen LogP contribution >= 0.6 is 0 Å². The van der Waals surface area contributed by atoms with Crippen molar-refractivity contribution in [2.45, 2.75) is 12.8 Å². The summed E-state index contributed by atoms with van der Waals surface area (Å²) >= 11 is 0. The molecule has 1 aliphatic carbocycles. The Morgan fingerprint density at radius 1 is 0.346 bits per heavy atom. The maximum absolute atomic E-state index is 2.36. The molecule has 0 bridgehead atoms. The van der Waals surface area contributed by atoms with Crippen molar-refractivity contribution in [3.05, 3.63) is 187 Å². The smallest absolute Gasteiger partial charge is 0.00203 e. The van der Waals surface area contributed by atoms with Gasteiger partial charge in [-0.3, -0.25) is 0 Å². The second-order valence-electron chi connectivity index (χ2n) is 14.3. The Labute approximate surface area is 303 Å². The van der Waals surface area contributed by atoms with Crippen molar-refractivity contribution in [1.29, 1.82) is 0 Å². The van der Waals surface area contributed by atoms with Gasteiger partial charge in [0.25, 0.3) is 0 Å². The summed E-state index contributed by atoms with van der Waals surface area (Å²) < 4.78 is 0. The lowest BCUT2D eigenvalue weighted by atomic mass is 9.80. The highest BCUT2D eigenvalue weighted by atomic mass is 14.3. The minimum absolute atomic E-state index is 1.05. The van der Waals surface area contributed by atoms with Crippen LogP contribution in [0.1, 0.15) is 17.5 Å². The summed E-state index contributed by atoms with van der Waals surface area (Å²) in [5.74, 6) is 0. The number of fused-ring (bicyclic) bond motifs is 3. The number of allylic oxidation sites excluding steroid dienone is 1. The van der Waals surface area contributed by atoms with E-state index in [9.17, 15) is 0 Å².